The summed E-state index contributed by atoms with van der Waals surface area (Å²) in [5.74, 6) is 2.37. The van der Waals surface area contributed by atoms with E-state index in [1.807, 2.05) is 36.4 Å². The van der Waals surface area contributed by atoms with Crippen molar-refractivity contribution in [2.75, 3.05) is 48.8 Å². The van der Waals surface area contributed by atoms with Crippen LogP contribution in [0.4, 0.5) is 0 Å². The maximum atomic E-state index is 10.2. The van der Waals surface area contributed by atoms with Gasteiger partial charge in [-0.2, -0.15) is 0 Å². The van der Waals surface area contributed by atoms with Gasteiger partial charge in [-0.1, -0.05) is 12.1 Å². The molecule has 1 heterocycles. The molecule has 3 rings (SSSR count). The normalized spacial score (nSPS) is 21.9. The van der Waals surface area contributed by atoms with Gasteiger partial charge < -0.3 is 33.5 Å². The lowest BCUT2D eigenvalue weighted by atomic mass is 9.82. The molecule has 7 heteroatoms. The summed E-state index contributed by atoms with van der Waals surface area (Å²) >= 11 is 0. The molecule has 0 radical (unpaired) electrons. The van der Waals surface area contributed by atoms with E-state index in [4.69, 9.17) is 28.4 Å². The first-order chi connectivity index (χ1) is 14.6. The molecular formula is C23H30O7. The number of methoxy groups -OCH3 is 5. The van der Waals surface area contributed by atoms with E-state index < -0.39 is 0 Å². The highest BCUT2D eigenvalue weighted by molar-refractivity contribution is 5.45. The zero-order valence-electron chi connectivity index (χ0n) is 18.1. The minimum absolute atomic E-state index is 0.0309. The Kier molecular flexibility index (Phi) is 7.42. The van der Waals surface area contributed by atoms with Crippen LogP contribution in [-0.4, -0.2) is 53.9 Å². The molecule has 1 unspecified atom stereocenters. The molecule has 7 nitrogen and oxygen atoms in total. The average molecular weight is 418 g/mol. The van der Waals surface area contributed by atoms with Crippen molar-refractivity contribution in [3.8, 4) is 23.0 Å². The number of aliphatic hydroxyl groups excluding tert-OH is 1. The van der Waals surface area contributed by atoms with Crippen LogP contribution in [0.2, 0.25) is 0 Å². The zero-order chi connectivity index (χ0) is 21.7. The molecule has 30 heavy (non-hydrogen) atoms. The highest BCUT2D eigenvalue weighted by Crippen LogP contribution is 2.47. The van der Waals surface area contributed by atoms with Crippen LogP contribution in [0.15, 0.2) is 36.4 Å². The Morgan fingerprint density at radius 1 is 0.867 bits per heavy atom. The molecule has 4 atom stereocenters. The van der Waals surface area contributed by atoms with E-state index in [1.165, 1.54) is 0 Å². The molecule has 0 aromatic heterocycles. The molecule has 0 aliphatic carbocycles. The zero-order valence-corrected chi connectivity index (χ0v) is 18.1. The average Bonchev–Trinajstić information content (AvgIpc) is 3.22. The number of rotatable bonds is 9. The van der Waals surface area contributed by atoms with Gasteiger partial charge in [0.25, 0.3) is 0 Å². The molecule has 2 aromatic carbocycles. The van der Waals surface area contributed by atoms with Gasteiger partial charge in [0, 0.05) is 25.6 Å². The van der Waals surface area contributed by atoms with Crippen molar-refractivity contribution in [2.24, 2.45) is 11.8 Å². The van der Waals surface area contributed by atoms with Gasteiger partial charge in [-0.05, 0) is 35.4 Å². The van der Waals surface area contributed by atoms with Crippen LogP contribution in [0.1, 0.15) is 23.3 Å². The van der Waals surface area contributed by atoms with Crippen molar-refractivity contribution in [3.63, 3.8) is 0 Å². The van der Waals surface area contributed by atoms with Crippen LogP contribution in [0.3, 0.4) is 0 Å². The van der Waals surface area contributed by atoms with Crippen LogP contribution in [0.25, 0.3) is 0 Å². The molecule has 2 aromatic rings. The van der Waals surface area contributed by atoms with Gasteiger partial charge in [-0.15, -0.1) is 0 Å². The second-order valence-electron chi connectivity index (χ2n) is 7.15. The Morgan fingerprint density at radius 3 is 2.03 bits per heavy atom. The van der Waals surface area contributed by atoms with E-state index in [-0.39, 0.29) is 30.7 Å². The Balaban J connectivity index is 1.89. The SMILES string of the molecule is COc1ccc(C(OC)[C@H]2CO[C@H](c3ccc(OC)c(OC)c3)[C@H]2CO)cc1OC. The molecule has 0 bridgehead atoms. The molecule has 0 saturated carbocycles. The smallest absolute Gasteiger partial charge is 0.161 e. The number of hydrogen-bond acceptors (Lipinski definition) is 7. The second-order valence-corrected chi connectivity index (χ2v) is 7.15. The third-order valence-corrected chi connectivity index (χ3v) is 5.73. The van der Waals surface area contributed by atoms with Crippen molar-refractivity contribution in [2.45, 2.75) is 12.2 Å². The summed E-state index contributed by atoms with van der Waals surface area (Å²) in [5.41, 5.74) is 1.87. The van der Waals surface area contributed by atoms with Crippen molar-refractivity contribution >= 4 is 0 Å². The minimum atomic E-state index is -0.280. The Bertz CT molecular complexity index is 838. The van der Waals surface area contributed by atoms with Crippen molar-refractivity contribution in [3.05, 3.63) is 47.5 Å². The van der Waals surface area contributed by atoms with E-state index in [9.17, 15) is 5.11 Å². The number of ether oxygens (including phenoxy) is 6. The van der Waals surface area contributed by atoms with E-state index in [0.29, 0.717) is 29.6 Å². The van der Waals surface area contributed by atoms with Crippen molar-refractivity contribution in [1.29, 1.82) is 0 Å². The molecule has 0 amide bonds. The predicted octanol–water partition coefficient (Wildman–Crippen LogP) is 3.40. The van der Waals surface area contributed by atoms with E-state index >= 15 is 0 Å². The lowest BCUT2D eigenvalue weighted by Gasteiger charge is -2.28. The summed E-state index contributed by atoms with van der Waals surface area (Å²) in [5, 5.41) is 10.2. The summed E-state index contributed by atoms with van der Waals surface area (Å²) in [6.07, 6.45) is -0.551. The molecular weight excluding hydrogens is 388 g/mol. The van der Waals surface area contributed by atoms with E-state index in [1.54, 1.807) is 35.5 Å². The molecule has 1 fully saturated rings. The third-order valence-electron chi connectivity index (χ3n) is 5.73. The lowest BCUT2D eigenvalue weighted by molar-refractivity contribution is 0.0242. The number of hydrogen-bond donors (Lipinski definition) is 1. The second kappa shape index (κ2) is 10.0. The maximum Gasteiger partial charge on any atom is 0.161 e. The quantitative estimate of drug-likeness (QED) is 0.669. The van der Waals surface area contributed by atoms with Gasteiger partial charge in [-0.3, -0.25) is 0 Å². The Hall–Kier alpha value is -2.48. The summed E-state index contributed by atoms with van der Waals surface area (Å²) in [4.78, 5) is 0. The summed E-state index contributed by atoms with van der Waals surface area (Å²) in [6, 6.07) is 11.4. The summed E-state index contributed by atoms with van der Waals surface area (Å²) in [6.45, 7) is 0.425. The molecule has 0 spiro atoms. The largest absolute Gasteiger partial charge is 0.493 e. The standard InChI is InChI=1S/C23H30O7/c1-25-18-8-6-14(10-20(18)27-3)22(29-5)17-13-30-23(16(17)12-24)15-7-9-19(26-2)21(11-15)28-4/h6-11,16-17,22-24H,12-13H2,1-5H3/t16-,17-,22?,23+/m0/s1. The summed E-state index contributed by atoms with van der Waals surface area (Å²) in [7, 11) is 8.07. The van der Waals surface area contributed by atoms with Gasteiger partial charge in [0.05, 0.1) is 47.3 Å². The lowest BCUT2D eigenvalue weighted by Crippen LogP contribution is -2.26. The Morgan fingerprint density at radius 2 is 1.47 bits per heavy atom. The van der Waals surface area contributed by atoms with Crippen LogP contribution in [-0.2, 0) is 9.47 Å². The molecule has 1 saturated heterocycles. The first-order valence-electron chi connectivity index (χ1n) is 9.80. The topological polar surface area (TPSA) is 75.6 Å². The van der Waals surface area contributed by atoms with Crippen LogP contribution >= 0.6 is 0 Å². The van der Waals surface area contributed by atoms with Crippen molar-refractivity contribution < 1.29 is 33.5 Å². The van der Waals surface area contributed by atoms with Crippen molar-refractivity contribution in [1.82, 2.24) is 0 Å². The predicted molar refractivity (Wildman–Crippen MR) is 112 cm³/mol. The van der Waals surface area contributed by atoms with Crippen LogP contribution in [0, 0.1) is 11.8 Å². The Labute approximate surface area is 177 Å². The molecule has 1 aliphatic rings. The third kappa shape index (κ3) is 4.19. The van der Waals surface area contributed by atoms with Gasteiger partial charge in [-0.25, -0.2) is 0 Å². The highest BCUT2D eigenvalue weighted by atomic mass is 16.5. The fourth-order valence-electron chi connectivity index (χ4n) is 4.19. The number of benzene rings is 2. The molecule has 1 N–H and O–H groups in total. The summed E-state index contributed by atoms with van der Waals surface area (Å²) < 4.78 is 33.5. The monoisotopic (exact) mass is 418 g/mol. The maximum absolute atomic E-state index is 10.2. The van der Waals surface area contributed by atoms with Gasteiger partial charge in [0.1, 0.15) is 0 Å². The van der Waals surface area contributed by atoms with Gasteiger partial charge in [0.2, 0.25) is 0 Å². The molecule has 164 valence electrons. The van der Waals surface area contributed by atoms with E-state index in [0.717, 1.165) is 11.1 Å². The number of aliphatic hydroxyl groups is 1. The fraction of sp³-hybridized carbons (Fsp3) is 0.478. The first kappa shape index (κ1) is 22.2. The van der Waals surface area contributed by atoms with Gasteiger partial charge in [0.15, 0.2) is 23.0 Å². The van der Waals surface area contributed by atoms with Crippen LogP contribution < -0.4 is 18.9 Å². The van der Waals surface area contributed by atoms with E-state index in [2.05, 4.69) is 0 Å². The van der Waals surface area contributed by atoms with Gasteiger partial charge >= 0.3 is 0 Å². The highest BCUT2D eigenvalue weighted by Gasteiger charge is 2.43. The first-order valence-corrected chi connectivity index (χ1v) is 9.80. The fourth-order valence-corrected chi connectivity index (χ4v) is 4.19. The minimum Gasteiger partial charge on any atom is -0.493 e. The van der Waals surface area contributed by atoms with Crippen LogP contribution in [0.5, 0.6) is 23.0 Å². The molecule has 1 aliphatic heterocycles.